The standard InChI is InChI=1S/C27H34BrN7O2S/c1-18-16-19(8-11-25(18)35-14-12-20(13-15-35)34(2)3)30-27-29-17-22(28)26(32-27)31-23-6-4-5-7-24(23)33-38(36,37)21-9-10-21/h4-8,11,16-17,20-21,33H,9-10,12-15H2,1-3H3,(H2,29,30,31,32). The molecular formula is C27H34BrN7O2S. The SMILES string of the molecule is Cc1cc(Nc2ncc(Br)c(Nc3ccccc3NS(=O)(=O)C3CC3)n2)ccc1N1CCC(N(C)C)CC1. The summed E-state index contributed by atoms with van der Waals surface area (Å²) in [5.41, 5.74) is 4.46. The van der Waals surface area contributed by atoms with Crippen LogP contribution in [0.2, 0.25) is 0 Å². The second-order valence-electron chi connectivity index (χ2n) is 10.2. The lowest BCUT2D eigenvalue weighted by molar-refractivity contribution is 0.249. The molecule has 9 nitrogen and oxygen atoms in total. The summed E-state index contributed by atoms with van der Waals surface area (Å²) in [5, 5.41) is 6.25. The first kappa shape index (κ1) is 26.7. The first-order chi connectivity index (χ1) is 18.2. The van der Waals surface area contributed by atoms with Gasteiger partial charge in [0, 0.05) is 36.7 Å². The molecule has 0 unspecified atom stereocenters. The first-order valence-electron chi connectivity index (χ1n) is 12.9. The van der Waals surface area contributed by atoms with Crippen LogP contribution in [0, 0.1) is 6.92 Å². The Morgan fingerprint density at radius 1 is 1.00 bits per heavy atom. The van der Waals surface area contributed by atoms with Crippen molar-refractivity contribution in [3.8, 4) is 0 Å². The van der Waals surface area contributed by atoms with E-state index in [1.165, 1.54) is 24.1 Å². The van der Waals surface area contributed by atoms with E-state index in [0.717, 1.165) is 18.8 Å². The van der Waals surface area contributed by atoms with Crippen LogP contribution in [-0.2, 0) is 10.0 Å². The van der Waals surface area contributed by atoms with Crippen LogP contribution < -0.4 is 20.3 Å². The summed E-state index contributed by atoms with van der Waals surface area (Å²) in [6, 6.07) is 14.2. The third kappa shape index (κ3) is 6.22. The number of halogens is 1. The van der Waals surface area contributed by atoms with Crippen molar-refractivity contribution in [1.82, 2.24) is 14.9 Å². The molecule has 1 aliphatic carbocycles. The Morgan fingerprint density at radius 2 is 1.71 bits per heavy atom. The van der Waals surface area contributed by atoms with Gasteiger partial charge < -0.3 is 20.4 Å². The number of aromatic nitrogens is 2. The molecule has 0 bridgehead atoms. The molecule has 5 rings (SSSR count). The fraction of sp³-hybridized carbons (Fsp3) is 0.407. The lowest BCUT2D eigenvalue weighted by atomic mass is 10.0. The lowest BCUT2D eigenvalue weighted by Crippen LogP contribution is -2.42. The molecule has 2 fully saturated rings. The van der Waals surface area contributed by atoms with E-state index >= 15 is 0 Å². The molecule has 38 heavy (non-hydrogen) atoms. The molecule has 0 spiro atoms. The third-order valence-electron chi connectivity index (χ3n) is 7.13. The minimum absolute atomic E-state index is 0.308. The van der Waals surface area contributed by atoms with Crippen LogP contribution in [0.3, 0.4) is 0 Å². The molecule has 0 atom stereocenters. The largest absolute Gasteiger partial charge is 0.371 e. The van der Waals surface area contributed by atoms with E-state index in [0.29, 0.717) is 46.5 Å². The number of anilines is 6. The zero-order valence-electron chi connectivity index (χ0n) is 21.9. The Labute approximate surface area is 233 Å². The summed E-state index contributed by atoms with van der Waals surface area (Å²) in [6.45, 7) is 4.24. The van der Waals surface area contributed by atoms with Crippen LogP contribution in [0.5, 0.6) is 0 Å². The van der Waals surface area contributed by atoms with E-state index in [-0.39, 0.29) is 5.25 Å². The van der Waals surface area contributed by atoms with Crippen LogP contribution in [0.4, 0.5) is 34.5 Å². The van der Waals surface area contributed by atoms with Gasteiger partial charge in [-0.1, -0.05) is 12.1 Å². The zero-order chi connectivity index (χ0) is 26.9. The maximum Gasteiger partial charge on any atom is 0.235 e. The van der Waals surface area contributed by atoms with Crippen LogP contribution >= 0.6 is 15.9 Å². The molecule has 2 aliphatic rings. The number of sulfonamides is 1. The third-order valence-corrected chi connectivity index (χ3v) is 9.56. The maximum absolute atomic E-state index is 12.5. The summed E-state index contributed by atoms with van der Waals surface area (Å²) >= 11 is 3.51. The minimum atomic E-state index is -3.39. The lowest BCUT2D eigenvalue weighted by Gasteiger charge is -2.37. The van der Waals surface area contributed by atoms with Gasteiger partial charge in [-0.15, -0.1) is 0 Å². The van der Waals surface area contributed by atoms with Gasteiger partial charge in [-0.2, -0.15) is 4.98 Å². The Balaban J connectivity index is 1.29. The van der Waals surface area contributed by atoms with Crippen molar-refractivity contribution in [3.63, 3.8) is 0 Å². The smallest absolute Gasteiger partial charge is 0.235 e. The Morgan fingerprint density at radius 3 is 2.37 bits per heavy atom. The predicted octanol–water partition coefficient (Wildman–Crippen LogP) is 5.47. The predicted molar refractivity (Wildman–Crippen MR) is 158 cm³/mol. The van der Waals surface area contributed by atoms with Crippen molar-refractivity contribution >= 4 is 60.5 Å². The van der Waals surface area contributed by atoms with Gasteiger partial charge >= 0.3 is 0 Å². The van der Waals surface area contributed by atoms with Gasteiger partial charge in [0.15, 0.2) is 0 Å². The molecule has 3 N–H and O–H groups in total. The summed E-state index contributed by atoms with van der Waals surface area (Å²) in [4.78, 5) is 13.8. The van der Waals surface area contributed by atoms with Crippen LogP contribution in [0.15, 0.2) is 53.1 Å². The van der Waals surface area contributed by atoms with Gasteiger partial charge in [0.1, 0.15) is 5.82 Å². The van der Waals surface area contributed by atoms with E-state index in [1.54, 1.807) is 18.3 Å². The van der Waals surface area contributed by atoms with E-state index in [9.17, 15) is 8.42 Å². The molecule has 0 amide bonds. The van der Waals surface area contributed by atoms with Crippen molar-refractivity contribution in [2.75, 3.05) is 47.4 Å². The number of para-hydroxylation sites is 2. The highest BCUT2D eigenvalue weighted by molar-refractivity contribution is 9.10. The van der Waals surface area contributed by atoms with Crippen molar-refractivity contribution < 1.29 is 8.42 Å². The van der Waals surface area contributed by atoms with Gasteiger partial charge in [-0.25, -0.2) is 13.4 Å². The maximum atomic E-state index is 12.5. The number of benzene rings is 2. The quantitative estimate of drug-likeness (QED) is 0.297. The van der Waals surface area contributed by atoms with Gasteiger partial charge in [-0.3, -0.25) is 4.72 Å². The minimum Gasteiger partial charge on any atom is -0.371 e. The van der Waals surface area contributed by atoms with E-state index in [4.69, 9.17) is 0 Å². The number of nitrogens with zero attached hydrogens (tertiary/aromatic N) is 4. The van der Waals surface area contributed by atoms with Gasteiger partial charge in [-0.05, 0) is 98.5 Å². The Bertz CT molecular complexity index is 1400. The number of nitrogens with one attached hydrogen (secondary N) is 3. The van der Waals surface area contributed by atoms with E-state index in [1.807, 2.05) is 12.1 Å². The molecule has 1 aromatic heterocycles. The summed E-state index contributed by atoms with van der Waals surface area (Å²) in [6.07, 6.45) is 5.41. The molecular weight excluding hydrogens is 566 g/mol. The second-order valence-corrected chi connectivity index (χ2v) is 13.0. The average molecular weight is 601 g/mol. The molecule has 2 aromatic carbocycles. The molecule has 1 aliphatic heterocycles. The van der Waals surface area contributed by atoms with Crippen molar-refractivity contribution in [3.05, 3.63) is 58.7 Å². The van der Waals surface area contributed by atoms with Crippen molar-refractivity contribution in [2.24, 2.45) is 0 Å². The van der Waals surface area contributed by atoms with Crippen molar-refractivity contribution in [2.45, 2.75) is 43.9 Å². The zero-order valence-corrected chi connectivity index (χ0v) is 24.3. The van der Waals surface area contributed by atoms with Crippen LogP contribution in [0.1, 0.15) is 31.2 Å². The molecule has 3 aromatic rings. The van der Waals surface area contributed by atoms with E-state index < -0.39 is 10.0 Å². The van der Waals surface area contributed by atoms with Gasteiger partial charge in [0.2, 0.25) is 16.0 Å². The molecule has 202 valence electrons. The average Bonchev–Trinajstić information content (AvgIpc) is 3.74. The summed E-state index contributed by atoms with van der Waals surface area (Å²) in [5.74, 6) is 0.961. The molecule has 1 saturated carbocycles. The van der Waals surface area contributed by atoms with E-state index in [2.05, 4.69) is 90.3 Å². The Hall–Kier alpha value is -2.89. The number of piperidine rings is 1. The molecule has 2 heterocycles. The highest BCUT2D eigenvalue weighted by Gasteiger charge is 2.36. The van der Waals surface area contributed by atoms with Crippen LogP contribution in [-0.4, -0.2) is 61.8 Å². The fourth-order valence-electron chi connectivity index (χ4n) is 4.78. The topological polar surface area (TPSA) is 102 Å². The monoisotopic (exact) mass is 599 g/mol. The number of rotatable bonds is 9. The molecule has 0 radical (unpaired) electrons. The first-order valence-corrected chi connectivity index (χ1v) is 15.2. The van der Waals surface area contributed by atoms with Gasteiger partial charge in [0.25, 0.3) is 0 Å². The molecule has 11 heteroatoms. The fourth-order valence-corrected chi connectivity index (χ4v) is 6.48. The summed E-state index contributed by atoms with van der Waals surface area (Å²) in [7, 11) is 0.929. The number of hydrogen-bond acceptors (Lipinski definition) is 8. The highest BCUT2D eigenvalue weighted by atomic mass is 79.9. The molecule has 1 saturated heterocycles. The number of hydrogen-bond donors (Lipinski definition) is 3. The normalized spacial score (nSPS) is 16.5. The summed E-state index contributed by atoms with van der Waals surface area (Å²) < 4.78 is 28.4. The van der Waals surface area contributed by atoms with Crippen molar-refractivity contribution in [1.29, 1.82) is 0 Å². The van der Waals surface area contributed by atoms with Gasteiger partial charge in [0.05, 0.1) is 21.1 Å². The Kier molecular flexibility index (Phi) is 7.78. The van der Waals surface area contributed by atoms with Crippen LogP contribution in [0.25, 0.3) is 0 Å². The highest BCUT2D eigenvalue weighted by Crippen LogP contribution is 2.34. The second kappa shape index (κ2) is 11.1. The number of aryl methyl sites for hydroxylation is 1.